The number of benzene rings is 1. The van der Waals surface area contributed by atoms with Gasteiger partial charge in [-0.05, 0) is 51.2 Å². The van der Waals surface area contributed by atoms with Gasteiger partial charge in [0.05, 0.1) is 6.04 Å². The minimum Gasteiger partial charge on any atom is -0.325 e. The molecule has 4 heteroatoms. The Bertz CT molecular complexity index is 408. The first-order chi connectivity index (χ1) is 9.15. The van der Waals surface area contributed by atoms with E-state index in [0.29, 0.717) is 0 Å². The number of amides is 1. The van der Waals surface area contributed by atoms with Gasteiger partial charge >= 0.3 is 0 Å². The Morgan fingerprint density at radius 2 is 2.05 bits per heavy atom. The number of hydrogen-bond acceptors (Lipinski definition) is 3. The van der Waals surface area contributed by atoms with Crippen molar-refractivity contribution in [3.63, 3.8) is 0 Å². The molecule has 1 aromatic carbocycles. The summed E-state index contributed by atoms with van der Waals surface area (Å²) in [5.41, 5.74) is 2.12. The van der Waals surface area contributed by atoms with E-state index in [-0.39, 0.29) is 11.9 Å². The fourth-order valence-electron chi connectivity index (χ4n) is 2.36. The molecule has 2 N–H and O–H groups in total. The van der Waals surface area contributed by atoms with Crippen LogP contribution in [0.15, 0.2) is 24.3 Å². The first kappa shape index (κ1) is 14.0. The van der Waals surface area contributed by atoms with E-state index >= 15 is 0 Å². The monoisotopic (exact) mass is 261 g/mol. The van der Waals surface area contributed by atoms with E-state index in [1.54, 1.807) is 0 Å². The molecule has 0 unspecified atom stereocenters. The summed E-state index contributed by atoms with van der Waals surface area (Å²) in [6, 6.07) is 8.03. The van der Waals surface area contributed by atoms with Crippen LogP contribution in [0.4, 0.5) is 5.69 Å². The lowest BCUT2D eigenvalue weighted by atomic mass is 10.0. The molecule has 4 nitrogen and oxygen atoms in total. The smallest absolute Gasteiger partial charge is 0.241 e. The lowest BCUT2D eigenvalue weighted by molar-refractivity contribution is -0.118. The van der Waals surface area contributed by atoms with Gasteiger partial charge in [0.15, 0.2) is 0 Å². The normalized spacial score (nSPS) is 19.4. The largest absolute Gasteiger partial charge is 0.325 e. The molecule has 0 aromatic heterocycles. The minimum absolute atomic E-state index is 0.0322. The first-order valence-corrected chi connectivity index (χ1v) is 6.93. The molecule has 1 aliphatic heterocycles. The quantitative estimate of drug-likeness (QED) is 0.869. The Balaban J connectivity index is 1.89. The molecule has 1 atom stereocenters. The average molecular weight is 261 g/mol. The molecule has 0 radical (unpaired) electrons. The molecule has 1 heterocycles. The number of rotatable bonds is 4. The first-order valence-electron chi connectivity index (χ1n) is 6.93. The van der Waals surface area contributed by atoms with Gasteiger partial charge in [0.25, 0.3) is 0 Å². The summed E-state index contributed by atoms with van der Waals surface area (Å²) in [6.45, 7) is 1.86. The second kappa shape index (κ2) is 6.68. The molecule has 104 valence electrons. The molecular weight excluding hydrogens is 238 g/mol. The van der Waals surface area contributed by atoms with Gasteiger partial charge < -0.3 is 15.5 Å². The number of nitrogens with zero attached hydrogens (tertiary/aromatic N) is 1. The van der Waals surface area contributed by atoms with E-state index in [4.69, 9.17) is 0 Å². The van der Waals surface area contributed by atoms with Crippen LogP contribution in [-0.2, 0) is 11.3 Å². The molecule has 1 aliphatic rings. The summed E-state index contributed by atoms with van der Waals surface area (Å²) in [4.78, 5) is 14.2. The van der Waals surface area contributed by atoms with E-state index in [1.807, 2.05) is 26.2 Å². The number of nitrogens with one attached hydrogen (secondary N) is 2. The highest BCUT2D eigenvalue weighted by Crippen LogP contribution is 2.13. The van der Waals surface area contributed by atoms with Crippen molar-refractivity contribution in [2.24, 2.45) is 0 Å². The Kier molecular flexibility index (Phi) is 4.93. The summed E-state index contributed by atoms with van der Waals surface area (Å²) in [6.07, 6.45) is 3.24. The third kappa shape index (κ3) is 4.33. The number of carbonyl (C=O) groups is 1. The molecule has 19 heavy (non-hydrogen) atoms. The molecule has 0 spiro atoms. The van der Waals surface area contributed by atoms with Gasteiger partial charge in [0, 0.05) is 12.2 Å². The zero-order chi connectivity index (χ0) is 13.7. The number of carbonyl (C=O) groups excluding carboxylic acids is 1. The molecule has 0 saturated carbocycles. The predicted molar refractivity (Wildman–Crippen MR) is 78.1 cm³/mol. The summed E-state index contributed by atoms with van der Waals surface area (Å²) in [7, 11) is 4.09. The third-order valence-corrected chi connectivity index (χ3v) is 3.35. The maximum atomic E-state index is 12.0. The Morgan fingerprint density at radius 3 is 2.63 bits per heavy atom. The third-order valence-electron chi connectivity index (χ3n) is 3.35. The van der Waals surface area contributed by atoms with Gasteiger partial charge in [-0.2, -0.15) is 0 Å². The van der Waals surface area contributed by atoms with Crippen molar-refractivity contribution < 1.29 is 4.79 Å². The highest BCUT2D eigenvalue weighted by Gasteiger charge is 2.20. The van der Waals surface area contributed by atoms with E-state index < -0.39 is 0 Å². The van der Waals surface area contributed by atoms with Crippen LogP contribution >= 0.6 is 0 Å². The van der Waals surface area contributed by atoms with Crippen LogP contribution in [-0.4, -0.2) is 37.5 Å². The van der Waals surface area contributed by atoms with E-state index in [1.165, 1.54) is 12.0 Å². The van der Waals surface area contributed by atoms with E-state index in [9.17, 15) is 4.79 Å². The van der Waals surface area contributed by atoms with Crippen LogP contribution in [0.5, 0.6) is 0 Å². The van der Waals surface area contributed by atoms with Crippen LogP contribution < -0.4 is 10.6 Å². The van der Waals surface area contributed by atoms with Crippen LogP contribution in [0.2, 0.25) is 0 Å². The van der Waals surface area contributed by atoms with E-state index in [2.05, 4.69) is 27.7 Å². The summed E-state index contributed by atoms with van der Waals surface area (Å²) in [5.74, 6) is 0.0834. The van der Waals surface area contributed by atoms with Crippen molar-refractivity contribution >= 4 is 11.6 Å². The van der Waals surface area contributed by atoms with Crippen molar-refractivity contribution in [2.75, 3.05) is 26.0 Å². The zero-order valence-corrected chi connectivity index (χ0v) is 11.8. The fraction of sp³-hybridized carbons (Fsp3) is 0.533. The van der Waals surface area contributed by atoms with Crippen LogP contribution in [0, 0.1) is 0 Å². The van der Waals surface area contributed by atoms with Crippen LogP contribution in [0.25, 0.3) is 0 Å². The predicted octanol–water partition coefficient (Wildman–Crippen LogP) is 1.83. The molecule has 1 aromatic rings. The Hall–Kier alpha value is -1.39. The molecule has 1 fully saturated rings. The van der Waals surface area contributed by atoms with E-state index in [0.717, 1.165) is 31.6 Å². The maximum Gasteiger partial charge on any atom is 0.241 e. The summed E-state index contributed by atoms with van der Waals surface area (Å²) in [5, 5.41) is 6.24. The summed E-state index contributed by atoms with van der Waals surface area (Å²) >= 11 is 0. The molecule has 1 amide bonds. The maximum absolute atomic E-state index is 12.0. The molecule has 0 bridgehead atoms. The van der Waals surface area contributed by atoms with Crippen LogP contribution in [0.1, 0.15) is 24.8 Å². The number of hydrogen-bond donors (Lipinski definition) is 2. The fourth-order valence-corrected chi connectivity index (χ4v) is 2.36. The van der Waals surface area contributed by atoms with Crippen molar-refractivity contribution in [1.29, 1.82) is 0 Å². The Morgan fingerprint density at radius 1 is 1.32 bits per heavy atom. The minimum atomic E-state index is -0.0322. The van der Waals surface area contributed by atoms with Gasteiger partial charge in [-0.15, -0.1) is 0 Å². The van der Waals surface area contributed by atoms with Gasteiger partial charge in [-0.3, -0.25) is 4.79 Å². The van der Waals surface area contributed by atoms with Crippen molar-refractivity contribution in [1.82, 2.24) is 10.2 Å². The second-order valence-electron chi connectivity index (χ2n) is 5.43. The van der Waals surface area contributed by atoms with Crippen molar-refractivity contribution in [2.45, 2.75) is 31.8 Å². The van der Waals surface area contributed by atoms with Gasteiger partial charge in [-0.25, -0.2) is 0 Å². The molecule has 1 saturated heterocycles. The number of piperidine rings is 1. The molecule has 2 rings (SSSR count). The van der Waals surface area contributed by atoms with Gasteiger partial charge in [0.2, 0.25) is 5.91 Å². The lowest BCUT2D eigenvalue weighted by Gasteiger charge is -2.22. The highest BCUT2D eigenvalue weighted by atomic mass is 16.2. The van der Waals surface area contributed by atoms with Crippen molar-refractivity contribution in [3.05, 3.63) is 29.8 Å². The zero-order valence-electron chi connectivity index (χ0n) is 11.8. The van der Waals surface area contributed by atoms with Gasteiger partial charge in [-0.1, -0.05) is 18.6 Å². The average Bonchev–Trinajstić information content (AvgIpc) is 2.41. The molecular formula is C15H23N3O. The second-order valence-corrected chi connectivity index (χ2v) is 5.43. The highest BCUT2D eigenvalue weighted by molar-refractivity contribution is 5.94. The number of anilines is 1. The SMILES string of the molecule is CN(C)Cc1ccc(NC(=O)[C@@H]2CCCCN2)cc1. The lowest BCUT2D eigenvalue weighted by Crippen LogP contribution is -2.43. The van der Waals surface area contributed by atoms with Gasteiger partial charge in [0.1, 0.15) is 0 Å². The molecule has 0 aliphatic carbocycles. The van der Waals surface area contributed by atoms with Crippen molar-refractivity contribution in [3.8, 4) is 0 Å². The topological polar surface area (TPSA) is 44.4 Å². The standard InChI is InChI=1S/C15H23N3O/c1-18(2)11-12-6-8-13(9-7-12)17-15(19)14-5-3-4-10-16-14/h6-9,14,16H,3-5,10-11H2,1-2H3,(H,17,19)/t14-/m0/s1. The Labute approximate surface area is 115 Å². The summed E-state index contributed by atoms with van der Waals surface area (Å²) < 4.78 is 0. The van der Waals surface area contributed by atoms with Crippen LogP contribution in [0.3, 0.4) is 0 Å².